The van der Waals surface area contributed by atoms with Crippen LogP contribution in [0.15, 0.2) is 52.3 Å². The van der Waals surface area contributed by atoms with Crippen molar-refractivity contribution < 1.29 is 18.0 Å². The van der Waals surface area contributed by atoms with Gasteiger partial charge in [0.2, 0.25) is 11.8 Å². The number of amides is 2. The fraction of sp³-hybridized carbons (Fsp3) is 0.300. The summed E-state index contributed by atoms with van der Waals surface area (Å²) in [6.45, 7) is 3.70. The van der Waals surface area contributed by atoms with E-state index in [0.29, 0.717) is 17.1 Å². The summed E-state index contributed by atoms with van der Waals surface area (Å²) in [7, 11) is -3.66. The molecule has 0 radical (unpaired) electrons. The minimum Gasteiger partial charge on any atom is -0.326 e. The van der Waals surface area contributed by atoms with E-state index in [1.54, 1.807) is 12.1 Å². The summed E-state index contributed by atoms with van der Waals surface area (Å²) in [6.07, 6.45) is -0.147. The Morgan fingerprint density at radius 2 is 2.00 bits per heavy atom. The number of para-hydroxylation sites is 1. The molecule has 0 aliphatic carbocycles. The molecule has 6 nitrogen and oxygen atoms in total. The van der Waals surface area contributed by atoms with Gasteiger partial charge in [0.25, 0.3) is 0 Å². The summed E-state index contributed by atoms with van der Waals surface area (Å²) in [4.78, 5) is 25.1. The maximum absolute atomic E-state index is 12.7. The molecule has 28 heavy (non-hydrogen) atoms. The molecule has 0 unspecified atom stereocenters. The van der Waals surface area contributed by atoms with E-state index in [9.17, 15) is 18.0 Å². The van der Waals surface area contributed by atoms with Gasteiger partial charge in [0.1, 0.15) is 0 Å². The van der Waals surface area contributed by atoms with Gasteiger partial charge in [0, 0.05) is 28.7 Å². The Hall–Kier alpha value is -2.32. The number of thioether (sulfide) groups is 1. The Kier molecular flexibility index (Phi) is 6.10. The van der Waals surface area contributed by atoms with Gasteiger partial charge in [-0.25, -0.2) is 8.42 Å². The van der Waals surface area contributed by atoms with Crippen molar-refractivity contribution in [2.24, 2.45) is 5.92 Å². The molecule has 1 atom stereocenters. The van der Waals surface area contributed by atoms with Crippen molar-refractivity contribution >= 4 is 44.8 Å². The van der Waals surface area contributed by atoms with E-state index in [1.165, 1.54) is 23.9 Å². The smallest absolute Gasteiger partial charge is 0.228 e. The number of aryl methyl sites for hydroxylation is 1. The van der Waals surface area contributed by atoms with Gasteiger partial charge in [0.05, 0.1) is 16.3 Å². The minimum atomic E-state index is -3.66. The first-order valence-corrected chi connectivity index (χ1v) is 11.6. The van der Waals surface area contributed by atoms with Gasteiger partial charge in [-0.05, 0) is 36.8 Å². The molecule has 2 amide bonds. The molecule has 1 aliphatic rings. The number of rotatable bonds is 5. The number of hydrogen-bond donors (Lipinski definition) is 2. The SMILES string of the molecule is Cc1ccccc1NC(=O)CCS(=O)(=O)c1ccc2c(c1)NC(=O)[C@H](C)CS2. The van der Waals surface area contributed by atoms with Crippen LogP contribution in [0.3, 0.4) is 0 Å². The van der Waals surface area contributed by atoms with Crippen LogP contribution in [-0.2, 0) is 19.4 Å². The van der Waals surface area contributed by atoms with Crippen molar-refractivity contribution in [1.82, 2.24) is 0 Å². The quantitative estimate of drug-likeness (QED) is 0.776. The van der Waals surface area contributed by atoms with E-state index >= 15 is 0 Å². The third-order valence-corrected chi connectivity index (χ3v) is 7.57. The lowest BCUT2D eigenvalue weighted by Crippen LogP contribution is -2.20. The largest absolute Gasteiger partial charge is 0.326 e. The van der Waals surface area contributed by atoms with Gasteiger partial charge >= 0.3 is 0 Å². The number of benzene rings is 2. The second-order valence-electron chi connectivity index (χ2n) is 6.79. The Morgan fingerprint density at radius 1 is 1.25 bits per heavy atom. The summed E-state index contributed by atoms with van der Waals surface area (Å²) >= 11 is 1.52. The van der Waals surface area contributed by atoms with Crippen LogP contribution < -0.4 is 10.6 Å². The standard InChI is InChI=1S/C20H22N2O4S2/c1-13-5-3-4-6-16(13)21-19(23)9-10-28(25,26)15-7-8-18-17(11-15)22-20(24)14(2)12-27-18/h3-8,11,14H,9-10,12H2,1-2H3,(H,21,23)(H,22,24)/t14-/m1/s1. The van der Waals surface area contributed by atoms with Crippen LogP contribution in [0.25, 0.3) is 0 Å². The van der Waals surface area contributed by atoms with Gasteiger partial charge in [-0.2, -0.15) is 0 Å². The second-order valence-corrected chi connectivity index (χ2v) is 9.96. The molecule has 2 aromatic carbocycles. The minimum absolute atomic E-state index is 0.102. The predicted molar refractivity (Wildman–Crippen MR) is 111 cm³/mol. The highest BCUT2D eigenvalue weighted by Gasteiger charge is 2.23. The average Bonchev–Trinajstić information content (AvgIpc) is 2.80. The first kappa shape index (κ1) is 20.4. The van der Waals surface area contributed by atoms with E-state index in [-0.39, 0.29) is 34.8 Å². The lowest BCUT2D eigenvalue weighted by molar-refractivity contribution is -0.118. The molecule has 0 spiro atoms. The molecule has 8 heteroatoms. The molecule has 0 fully saturated rings. The van der Waals surface area contributed by atoms with E-state index in [0.717, 1.165) is 10.5 Å². The Balaban J connectivity index is 1.70. The zero-order chi connectivity index (χ0) is 20.3. The Labute approximate surface area is 169 Å². The van der Waals surface area contributed by atoms with E-state index in [2.05, 4.69) is 10.6 Å². The van der Waals surface area contributed by atoms with Crippen LogP contribution in [0, 0.1) is 12.8 Å². The van der Waals surface area contributed by atoms with Crippen LogP contribution >= 0.6 is 11.8 Å². The van der Waals surface area contributed by atoms with Gasteiger partial charge in [-0.3, -0.25) is 9.59 Å². The lowest BCUT2D eigenvalue weighted by Gasteiger charge is -2.11. The maximum Gasteiger partial charge on any atom is 0.228 e. The predicted octanol–water partition coefficient (Wildman–Crippen LogP) is 3.48. The van der Waals surface area contributed by atoms with Crippen LogP contribution in [0.4, 0.5) is 11.4 Å². The van der Waals surface area contributed by atoms with Crippen molar-refractivity contribution in [2.75, 3.05) is 22.1 Å². The number of fused-ring (bicyclic) bond motifs is 1. The first-order chi connectivity index (χ1) is 13.3. The summed E-state index contributed by atoms with van der Waals surface area (Å²) in [5, 5.41) is 5.52. The Bertz CT molecular complexity index is 1020. The van der Waals surface area contributed by atoms with Crippen LogP contribution in [0.5, 0.6) is 0 Å². The third-order valence-electron chi connectivity index (χ3n) is 4.52. The molecule has 2 N–H and O–H groups in total. The van der Waals surface area contributed by atoms with Gasteiger partial charge in [-0.15, -0.1) is 11.8 Å². The Morgan fingerprint density at radius 3 is 2.75 bits per heavy atom. The van der Waals surface area contributed by atoms with E-state index in [1.807, 2.05) is 32.0 Å². The first-order valence-electron chi connectivity index (χ1n) is 8.92. The number of sulfone groups is 1. The summed E-state index contributed by atoms with van der Waals surface area (Å²) < 4.78 is 25.3. The van der Waals surface area contributed by atoms with Gasteiger partial charge in [-0.1, -0.05) is 25.1 Å². The molecule has 148 valence electrons. The number of nitrogens with one attached hydrogen (secondary N) is 2. The summed E-state index contributed by atoms with van der Waals surface area (Å²) in [6, 6.07) is 12.0. The third kappa shape index (κ3) is 4.74. The van der Waals surface area contributed by atoms with Crippen LogP contribution in [-0.4, -0.2) is 31.7 Å². The van der Waals surface area contributed by atoms with Crippen molar-refractivity contribution in [3.8, 4) is 0 Å². The number of anilines is 2. The number of carbonyl (C=O) groups is 2. The molecule has 1 heterocycles. The maximum atomic E-state index is 12.7. The number of hydrogen-bond acceptors (Lipinski definition) is 5. The fourth-order valence-corrected chi connectivity index (χ4v) is 5.02. The molecule has 0 saturated heterocycles. The average molecular weight is 419 g/mol. The number of carbonyl (C=O) groups excluding carboxylic acids is 2. The second kappa shape index (κ2) is 8.36. The highest BCUT2D eigenvalue weighted by Crippen LogP contribution is 2.34. The summed E-state index contributed by atoms with van der Waals surface area (Å²) in [5.74, 6) is -0.295. The van der Waals surface area contributed by atoms with E-state index < -0.39 is 9.84 Å². The van der Waals surface area contributed by atoms with Gasteiger partial charge < -0.3 is 10.6 Å². The molecule has 1 aliphatic heterocycles. The highest BCUT2D eigenvalue weighted by molar-refractivity contribution is 7.99. The molecular formula is C20H22N2O4S2. The van der Waals surface area contributed by atoms with Crippen molar-refractivity contribution in [3.63, 3.8) is 0 Å². The normalized spacial score (nSPS) is 16.6. The molecule has 0 aromatic heterocycles. The molecule has 3 rings (SSSR count). The zero-order valence-corrected chi connectivity index (χ0v) is 17.3. The van der Waals surface area contributed by atoms with Crippen molar-refractivity contribution in [1.29, 1.82) is 0 Å². The van der Waals surface area contributed by atoms with Crippen LogP contribution in [0.2, 0.25) is 0 Å². The highest BCUT2D eigenvalue weighted by atomic mass is 32.2. The molecule has 2 aromatic rings. The lowest BCUT2D eigenvalue weighted by atomic mass is 10.2. The van der Waals surface area contributed by atoms with Gasteiger partial charge in [0.15, 0.2) is 9.84 Å². The monoisotopic (exact) mass is 418 g/mol. The fourth-order valence-electron chi connectivity index (χ4n) is 2.74. The topological polar surface area (TPSA) is 92.3 Å². The van der Waals surface area contributed by atoms with E-state index in [4.69, 9.17) is 0 Å². The molecular weight excluding hydrogens is 396 g/mol. The van der Waals surface area contributed by atoms with Crippen molar-refractivity contribution in [2.45, 2.75) is 30.1 Å². The van der Waals surface area contributed by atoms with Crippen LogP contribution in [0.1, 0.15) is 18.9 Å². The van der Waals surface area contributed by atoms with Crippen molar-refractivity contribution in [3.05, 3.63) is 48.0 Å². The molecule has 0 bridgehead atoms. The summed E-state index contributed by atoms with van der Waals surface area (Å²) in [5.41, 5.74) is 2.08. The zero-order valence-electron chi connectivity index (χ0n) is 15.7. The molecule has 0 saturated carbocycles.